The molecule has 5 heteroatoms. The van der Waals surface area contributed by atoms with Crippen LogP contribution in [0.25, 0.3) is 11.8 Å². The van der Waals surface area contributed by atoms with Crippen molar-refractivity contribution in [3.63, 3.8) is 0 Å². The van der Waals surface area contributed by atoms with Gasteiger partial charge in [-0.1, -0.05) is 35.9 Å². The highest BCUT2D eigenvalue weighted by Crippen LogP contribution is 2.51. The summed E-state index contributed by atoms with van der Waals surface area (Å²) in [6.07, 6.45) is 7.64. The van der Waals surface area contributed by atoms with Gasteiger partial charge in [0.2, 0.25) is 0 Å². The third-order valence-electron chi connectivity index (χ3n) is 6.69. The van der Waals surface area contributed by atoms with E-state index in [1.54, 1.807) is 19.1 Å². The van der Waals surface area contributed by atoms with Gasteiger partial charge in [-0.15, -0.1) is 0 Å². The van der Waals surface area contributed by atoms with Crippen LogP contribution in [-0.2, 0) is 17.0 Å². The fraction of sp³-hybridized carbons (Fsp3) is 0.308. The zero-order valence-corrected chi connectivity index (χ0v) is 18.4. The zero-order chi connectivity index (χ0) is 21.4. The van der Waals surface area contributed by atoms with E-state index in [4.69, 9.17) is 0 Å². The standard InChI is InChI=1S/C26H25FN2OS/c1-18(30)26-14-20-16-28-29(23-10-8-22(27)9-11-23)25(20)13-21(26)7-12-24(15-26)31-17-19-5-3-2-4-6-19/h2-6,8-11,13,16,24H,7,12,14-15,17H2,1H3/t24-,26+/m0/s1. The minimum atomic E-state index is -0.420. The van der Waals surface area contributed by atoms with Crippen molar-refractivity contribution in [2.24, 2.45) is 5.41 Å². The van der Waals surface area contributed by atoms with E-state index in [1.165, 1.54) is 23.3 Å². The lowest BCUT2D eigenvalue weighted by Crippen LogP contribution is -2.41. The number of hydrogen-bond acceptors (Lipinski definition) is 3. The van der Waals surface area contributed by atoms with Gasteiger partial charge in [-0.25, -0.2) is 9.07 Å². The molecule has 3 aromatic rings. The first-order valence-corrected chi connectivity index (χ1v) is 11.8. The molecule has 0 saturated heterocycles. The van der Waals surface area contributed by atoms with Gasteiger partial charge in [0, 0.05) is 11.0 Å². The molecule has 1 saturated carbocycles. The van der Waals surface area contributed by atoms with Gasteiger partial charge in [0.05, 0.1) is 23.0 Å². The molecule has 2 aliphatic rings. The number of fused-ring (bicyclic) bond motifs is 2. The molecular formula is C26H25FN2OS. The van der Waals surface area contributed by atoms with E-state index in [0.717, 1.165) is 42.0 Å². The predicted octanol–water partition coefficient (Wildman–Crippen LogP) is 6.01. The first-order chi connectivity index (χ1) is 15.0. The number of nitrogens with zero attached hydrogens (tertiary/aromatic N) is 2. The average molecular weight is 433 g/mol. The minimum Gasteiger partial charge on any atom is -0.299 e. The molecular weight excluding hydrogens is 407 g/mol. The van der Waals surface area contributed by atoms with Gasteiger partial charge in [-0.2, -0.15) is 16.9 Å². The second-order valence-corrected chi connectivity index (χ2v) is 9.88. The van der Waals surface area contributed by atoms with Gasteiger partial charge in [0.15, 0.2) is 0 Å². The number of carbonyl (C=O) groups is 1. The van der Waals surface area contributed by atoms with Crippen molar-refractivity contribution < 1.29 is 9.18 Å². The summed E-state index contributed by atoms with van der Waals surface area (Å²) in [6.45, 7) is 1.74. The largest absolute Gasteiger partial charge is 0.299 e. The maximum absolute atomic E-state index is 13.4. The molecule has 2 aliphatic carbocycles. The second-order valence-electron chi connectivity index (χ2n) is 8.59. The number of ketones is 1. The van der Waals surface area contributed by atoms with Crippen LogP contribution in [0.15, 0.2) is 66.4 Å². The molecule has 1 heterocycles. The fourth-order valence-corrected chi connectivity index (χ4v) is 6.27. The molecule has 0 aliphatic heterocycles. The lowest BCUT2D eigenvalue weighted by Gasteiger charge is -2.43. The van der Waals surface area contributed by atoms with Crippen LogP contribution in [0, 0.1) is 11.2 Å². The SMILES string of the molecule is CC(=O)[C@]12Cc3cnn(-c4ccc(F)cc4)c3C=C1CC[C@H](SCc1ccccc1)C2. The molecule has 158 valence electrons. The lowest BCUT2D eigenvalue weighted by molar-refractivity contribution is -0.125. The molecule has 1 aromatic heterocycles. The molecule has 5 rings (SSSR count). The third kappa shape index (κ3) is 3.76. The summed E-state index contributed by atoms with van der Waals surface area (Å²) in [5, 5.41) is 5.04. The number of Topliss-reactive ketones (excluding diaryl/α,β-unsaturated/α-hetero) is 1. The van der Waals surface area contributed by atoms with Crippen LogP contribution in [0.2, 0.25) is 0 Å². The Bertz CT molecular complexity index is 1140. The second kappa shape index (κ2) is 8.12. The normalized spacial score (nSPS) is 22.4. The lowest BCUT2D eigenvalue weighted by atomic mass is 9.62. The Hall–Kier alpha value is -2.66. The van der Waals surface area contributed by atoms with Gasteiger partial charge < -0.3 is 0 Å². The van der Waals surface area contributed by atoms with Gasteiger partial charge >= 0.3 is 0 Å². The van der Waals surface area contributed by atoms with E-state index in [0.29, 0.717) is 11.7 Å². The number of benzene rings is 2. The summed E-state index contributed by atoms with van der Waals surface area (Å²) < 4.78 is 15.2. The van der Waals surface area contributed by atoms with Gasteiger partial charge in [0.1, 0.15) is 11.6 Å². The van der Waals surface area contributed by atoms with Crippen LogP contribution in [0.4, 0.5) is 4.39 Å². The van der Waals surface area contributed by atoms with Crippen molar-refractivity contribution >= 4 is 23.6 Å². The maximum atomic E-state index is 13.4. The highest BCUT2D eigenvalue weighted by molar-refractivity contribution is 7.99. The number of rotatable bonds is 5. The van der Waals surface area contributed by atoms with Crippen LogP contribution in [0.3, 0.4) is 0 Å². The number of aromatic nitrogens is 2. The molecule has 0 radical (unpaired) electrons. The van der Waals surface area contributed by atoms with E-state index < -0.39 is 5.41 Å². The predicted molar refractivity (Wildman–Crippen MR) is 124 cm³/mol. The molecule has 0 amide bonds. The number of halogens is 1. The van der Waals surface area contributed by atoms with Crippen LogP contribution in [0.1, 0.15) is 43.0 Å². The van der Waals surface area contributed by atoms with Gasteiger partial charge in [0.25, 0.3) is 0 Å². The van der Waals surface area contributed by atoms with Gasteiger partial charge in [-0.05, 0) is 74.1 Å². The monoisotopic (exact) mass is 432 g/mol. The summed E-state index contributed by atoms with van der Waals surface area (Å²) in [7, 11) is 0. The number of hydrogen-bond donors (Lipinski definition) is 0. The average Bonchev–Trinajstić information content (AvgIpc) is 3.19. The molecule has 0 spiro atoms. The Morgan fingerprint density at radius 1 is 1.19 bits per heavy atom. The first kappa shape index (κ1) is 20.3. The summed E-state index contributed by atoms with van der Waals surface area (Å²) in [5.41, 5.74) is 5.09. The fourth-order valence-electron chi connectivity index (χ4n) is 4.96. The molecule has 3 nitrogen and oxygen atoms in total. The zero-order valence-electron chi connectivity index (χ0n) is 17.6. The van der Waals surface area contributed by atoms with E-state index in [2.05, 4.69) is 35.4 Å². The van der Waals surface area contributed by atoms with Crippen molar-refractivity contribution in [1.29, 1.82) is 0 Å². The van der Waals surface area contributed by atoms with E-state index in [1.807, 2.05) is 28.7 Å². The molecule has 31 heavy (non-hydrogen) atoms. The quantitative estimate of drug-likeness (QED) is 0.495. The molecule has 0 bridgehead atoms. The summed E-state index contributed by atoms with van der Waals surface area (Å²) in [4.78, 5) is 13.0. The van der Waals surface area contributed by atoms with Crippen LogP contribution >= 0.6 is 11.8 Å². The number of thioether (sulfide) groups is 1. The Morgan fingerprint density at radius 3 is 2.71 bits per heavy atom. The topological polar surface area (TPSA) is 34.9 Å². The van der Waals surface area contributed by atoms with Crippen LogP contribution in [0.5, 0.6) is 0 Å². The highest BCUT2D eigenvalue weighted by Gasteiger charge is 2.46. The molecule has 2 atom stereocenters. The minimum absolute atomic E-state index is 0.254. The number of allylic oxidation sites excluding steroid dienone is 1. The van der Waals surface area contributed by atoms with Crippen molar-refractivity contribution in [3.8, 4) is 5.69 Å². The van der Waals surface area contributed by atoms with Crippen LogP contribution < -0.4 is 0 Å². The van der Waals surface area contributed by atoms with Crippen molar-refractivity contribution in [1.82, 2.24) is 9.78 Å². The molecule has 0 N–H and O–H groups in total. The van der Waals surface area contributed by atoms with Gasteiger partial charge in [-0.3, -0.25) is 4.79 Å². The van der Waals surface area contributed by atoms with Crippen LogP contribution in [-0.4, -0.2) is 20.8 Å². The van der Waals surface area contributed by atoms with Crippen molar-refractivity contribution in [2.75, 3.05) is 0 Å². The Balaban J connectivity index is 1.42. The molecule has 2 aromatic carbocycles. The molecule has 0 unspecified atom stereocenters. The van der Waals surface area contributed by atoms with Crippen molar-refractivity contribution in [3.05, 3.63) is 89.0 Å². The first-order valence-electron chi connectivity index (χ1n) is 10.8. The van der Waals surface area contributed by atoms with E-state index in [-0.39, 0.29) is 11.6 Å². The highest BCUT2D eigenvalue weighted by atomic mass is 32.2. The number of carbonyl (C=O) groups excluding carboxylic acids is 1. The maximum Gasteiger partial charge on any atom is 0.140 e. The summed E-state index contributed by atoms with van der Waals surface area (Å²) >= 11 is 1.97. The Labute approximate surface area is 186 Å². The Kier molecular flexibility index (Phi) is 5.30. The Morgan fingerprint density at radius 2 is 1.97 bits per heavy atom. The van der Waals surface area contributed by atoms with E-state index >= 15 is 0 Å². The van der Waals surface area contributed by atoms with Crippen molar-refractivity contribution in [2.45, 2.75) is 43.6 Å². The smallest absolute Gasteiger partial charge is 0.140 e. The van der Waals surface area contributed by atoms with E-state index in [9.17, 15) is 9.18 Å². The summed E-state index contributed by atoms with van der Waals surface area (Å²) in [5.74, 6) is 0.973. The summed E-state index contributed by atoms with van der Waals surface area (Å²) in [6, 6.07) is 16.9. The third-order valence-corrected chi connectivity index (χ3v) is 8.06. The molecule has 1 fully saturated rings.